The normalized spacial score (nSPS) is 35.5. The number of nitrogen functional groups attached to an aromatic ring is 1. The third-order valence-corrected chi connectivity index (χ3v) is 9.76. The zero-order valence-electron chi connectivity index (χ0n) is 29.7. The SMILES string of the molecule is CC[C@H]1OC(=O)[C@H](C)C(=O)[C@H](C)[C@@H](C)[C@@]2(C)C[C@@H](C)C(=NC(C)=O)[C@H](C)[C@@H](OC/C(=N\COCC#Cc3cccc(N)n3)CO2)[C@]1(C)O. The highest BCUT2D eigenvalue weighted by molar-refractivity contribution is 6.00. The van der Waals surface area contributed by atoms with Crippen molar-refractivity contribution >= 4 is 34.9 Å². The fourth-order valence-electron chi connectivity index (χ4n) is 6.68. The Hall–Kier alpha value is -3.50. The molecule has 0 aliphatic carbocycles. The molecule has 0 unspecified atom stereocenters. The second-order valence-electron chi connectivity index (χ2n) is 13.5. The molecule has 0 saturated carbocycles. The number of amides is 1. The molecule has 2 aliphatic heterocycles. The maximum Gasteiger partial charge on any atom is 0.316 e. The maximum absolute atomic E-state index is 13.7. The first-order chi connectivity index (χ1) is 22.5. The highest BCUT2D eigenvalue weighted by Crippen LogP contribution is 2.39. The summed E-state index contributed by atoms with van der Waals surface area (Å²) in [5.41, 5.74) is 4.59. The Kier molecular flexibility index (Phi) is 13.6. The summed E-state index contributed by atoms with van der Waals surface area (Å²) in [5.74, 6) is 1.87. The van der Waals surface area contributed by atoms with Gasteiger partial charge in [0.1, 0.15) is 48.3 Å². The van der Waals surface area contributed by atoms with Gasteiger partial charge in [0.25, 0.3) is 0 Å². The van der Waals surface area contributed by atoms with Crippen LogP contribution in [0.3, 0.4) is 0 Å². The van der Waals surface area contributed by atoms with E-state index in [9.17, 15) is 19.5 Å². The number of esters is 1. The van der Waals surface area contributed by atoms with E-state index < -0.39 is 53.0 Å². The number of hydrogen-bond acceptors (Lipinski definition) is 11. The molecule has 9 atom stereocenters. The van der Waals surface area contributed by atoms with E-state index in [4.69, 9.17) is 24.7 Å². The second-order valence-corrected chi connectivity index (χ2v) is 13.5. The predicted molar refractivity (Wildman–Crippen MR) is 182 cm³/mol. The molecule has 3 heterocycles. The molecule has 2 aliphatic rings. The first-order valence-electron chi connectivity index (χ1n) is 16.6. The van der Waals surface area contributed by atoms with Crippen LogP contribution in [0.5, 0.6) is 0 Å². The second kappa shape index (κ2) is 16.7. The van der Waals surface area contributed by atoms with Crippen LogP contribution in [0.2, 0.25) is 0 Å². The first-order valence-corrected chi connectivity index (χ1v) is 16.6. The first kappa shape index (κ1) is 38.9. The van der Waals surface area contributed by atoms with Crippen molar-refractivity contribution in [1.29, 1.82) is 0 Å². The van der Waals surface area contributed by atoms with Crippen LogP contribution in [-0.4, -0.2) is 89.1 Å². The van der Waals surface area contributed by atoms with E-state index >= 15 is 0 Å². The van der Waals surface area contributed by atoms with Gasteiger partial charge in [0.15, 0.2) is 0 Å². The molecule has 1 amide bonds. The number of anilines is 1. The number of nitrogens with two attached hydrogens (primary N) is 1. The quantitative estimate of drug-likeness (QED) is 0.208. The van der Waals surface area contributed by atoms with Gasteiger partial charge in [-0.3, -0.25) is 19.4 Å². The van der Waals surface area contributed by atoms with Crippen LogP contribution in [0.1, 0.15) is 80.8 Å². The Morgan fingerprint density at radius 1 is 1.15 bits per heavy atom. The van der Waals surface area contributed by atoms with Gasteiger partial charge in [-0.1, -0.05) is 46.6 Å². The number of pyridine rings is 1. The summed E-state index contributed by atoms with van der Waals surface area (Å²) in [5, 5.41) is 12.2. The number of nitrogens with zero attached hydrogens (tertiary/aromatic N) is 3. The third-order valence-electron chi connectivity index (χ3n) is 9.76. The number of fused-ring (bicyclic) bond motifs is 5. The molecule has 264 valence electrons. The van der Waals surface area contributed by atoms with E-state index in [1.165, 1.54) is 13.8 Å². The van der Waals surface area contributed by atoms with E-state index in [-0.39, 0.29) is 50.6 Å². The summed E-state index contributed by atoms with van der Waals surface area (Å²) in [4.78, 5) is 52.7. The summed E-state index contributed by atoms with van der Waals surface area (Å²) in [6.45, 7) is 15.7. The van der Waals surface area contributed by atoms with Gasteiger partial charge in [0, 0.05) is 24.5 Å². The fraction of sp³-hybridized carbons (Fsp3) is 0.667. The van der Waals surface area contributed by atoms with Gasteiger partial charge in [-0.15, -0.1) is 0 Å². The van der Waals surface area contributed by atoms with Crippen molar-refractivity contribution in [3.8, 4) is 11.8 Å². The number of carbonyl (C=O) groups is 3. The lowest BCUT2D eigenvalue weighted by atomic mass is 9.70. The number of aliphatic hydroxyl groups is 1. The molecular formula is C36H52N4O8. The molecule has 0 spiro atoms. The minimum atomic E-state index is -1.75. The average Bonchev–Trinajstić information content (AvgIpc) is 3.04. The molecule has 1 aromatic rings. The fourth-order valence-corrected chi connectivity index (χ4v) is 6.68. The molecule has 0 aromatic carbocycles. The van der Waals surface area contributed by atoms with Crippen LogP contribution in [0.25, 0.3) is 0 Å². The molecule has 2 fully saturated rings. The predicted octanol–water partition coefficient (Wildman–Crippen LogP) is 3.82. The van der Waals surface area contributed by atoms with Gasteiger partial charge in [-0.2, -0.15) is 0 Å². The molecule has 12 nitrogen and oxygen atoms in total. The van der Waals surface area contributed by atoms with E-state index in [0.29, 0.717) is 29.4 Å². The molecule has 3 rings (SSSR count). The smallest absolute Gasteiger partial charge is 0.316 e. The summed E-state index contributed by atoms with van der Waals surface area (Å²) >= 11 is 0. The standard InChI is InChI=1S/C36H52N4O8/c1-10-29-36(9,44)33-23(4)31(39-26(7)41)21(2)17-35(8,25(6)22(3)32(42)24(5)34(43)48-29)47-19-28(18-46-33)38-20-45-16-12-14-27-13-11-15-30(37)40-27/h11,13,15,21-25,29,33,44H,10,16-20H2,1-9H3,(H2,37,40)/b38-28+,39-31?/t21-,22-,23+,24-,25-,29-,33-,35-,36-/m1/s1. The Morgan fingerprint density at radius 2 is 1.85 bits per heavy atom. The van der Waals surface area contributed by atoms with Gasteiger partial charge in [-0.25, -0.2) is 9.98 Å². The number of hydrogen-bond donors (Lipinski definition) is 2. The zero-order chi connectivity index (χ0) is 35.8. The molecular weight excluding hydrogens is 616 g/mol. The lowest BCUT2D eigenvalue weighted by Gasteiger charge is -2.44. The topological polar surface area (TPSA) is 172 Å². The van der Waals surface area contributed by atoms with E-state index in [2.05, 4.69) is 26.8 Å². The molecule has 0 radical (unpaired) electrons. The number of ether oxygens (including phenoxy) is 4. The summed E-state index contributed by atoms with van der Waals surface area (Å²) < 4.78 is 24.6. The Labute approximate surface area is 284 Å². The summed E-state index contributed by atoms with van der Waals surface area (Å²) in [6.07, 6.45) is -1.38. The molecule has 48 heavy (non-hydrogen) atoms. The van der Waals surface area contributed by atoms with Crippen molar-refractivity contribution in [2.75, 3.05) is 32.3 Å². The number of aliphatic imine (C=N–C) groups is 2. The number of cyclic esters (lactones) is 1. The van der Waals surface area contributed by atoms with Crippen molar-refractivity contribution in [3.63, 3.8) is 0 Å². The van der Waals surface area contributed by atoms with Crippen molar-refractivity contribution in [1.82, 2.24) is 4.98 Å². The zero-order valence-corrected chi connectivity index (χ0v) is 29.7. The highest BCUT2D eigenvalue weighted by Gasteiger charge is 2.50. The largest absolute Gasteiger partial charge is 0.459 e. The Morgan fingerprint density at radius 3 is 2.50 bits per heavy atom. The van der Waals surface area contributed by atoms with Gasteiger partial charge >= 0.3 is 5.97 Å². The number of aromatic nitrogens is 1. The van der Waals surface area contributed by atoms with Gasteiger partial charge < -0.3 is 29.8 Å². The van der Waals surface area contributed by atoms with Crippen molar-refractivity contribution in [3.05, 3.63) is 23.9 Å². The van der Waals surface area contributed by atoms with E-state index in [1.807, 2.05) is 27.7 Å². The molecule has 2 saturated heterocycles. The molecule has 1 aromatic heterocycles. The van der Waals surface area contributed by atoms with Crippen LogP contribution in [-0.2, 0) is 33.3 Å². The van der Waals surface area contributed by atoms with Gasteiger partial charge in [0.2, 0.25) is 5.91 Å². The number of rotatable bonds is 4. The number of carbonyl (C=O) groups excluding carboxylic acids is 3. The van der Waals surface area contributed by atoms with Crippen LogP contribution in [0, 0.1) is 41.4 Å². The molecule has 3 N–H and O–H groups in total. The Balaban J connectivity index is 2.09. The van der Waals surface area contributed by atoms with Crippen LogP contribution in [0.4, 0.5) is 5.82 Å². The van der Waals surface area contributed by atoms with E-state index in [0.717, 1.165) is 0 Å². The minimum Gasteiger partial charge on any atom is -0.459 e. The van der Waals surface area contributed by atoms with Crippen molar-refractivity contribution in [2.24, 2.45) is 39.6 Å². The van der Waals surface area contributed by atoms with Crippen LogP contribution < -0.4 is 5.73 Å². The van der Waals surface area contributed by atoms with Crippen LogP contribution >= 0.6 is 0 Å². The monoisotopic (exact) mass is 668 g/mol. The average molecular weight is 669 g/mol. The van der Waals surface area contributed by atoms with Crippen LogP contribution in [0.15, 0.2) is 28.2 Å². The van der Waals surface area contributed by atoms with E-state index in [1.54, 1.807) is 39.0 Å². The van der Waals surface area contributed by atoms with Gasteiger partial charge in [-0.05, 0) is 63.5 Å². The number of Topliss-reactive ketones (excluding diaryl/α,β-unsaturated/α-hetero) is 1. The minimum absolute atomic E-state index is 0.0426. The Bertz CT molecular complexity index is 1450. The molecule has 2 bridgehead atoms. The lowest BCUT2D eigenvalue weighted by molar-refractivity contribution is -0.192. The van der Waals surface area contributed by atoms with Gasteiger partial charge in [0.05, 0.1) is 30.6 Å². The van der Waals surface area contributed by atoms with Crippen molar-refractivity contribution < 1.29 is 38.4 Å². The summed E-state index contributed by atoms with van der Waals surface area (Å²) in [6, 6.07) is 5.20. The summed E-state index contributed by atoms with van der Waals surface area (Å²) in [7, 11) is 0. The third kappa shape index (κ3) is 9.56. The highest BCUT2D eigenvalue weighted by atomic mass is 16.6. The molecule has 12 heteroatoms. The maximum atomic E-state index is 13.7. The number of ketones is 1. The van der Waals surface area contributed by atoms with Crippen molar-refractivity contribution in [2.45, 2.75) is 98.6 Å². The lowest BCUT2D eigenvalue weighted by Crippen LogP contribution is -2.57.